The molecular weight excluding hydrogens is 399 g/mol. The van der Waals surface area contributed by atoms with Crippen LogP contribution in [0.15, 0.2) is 21.8 Å². The third-order valence-corrected chi connectivity index (χ3v) is 3.29. The summed E-state index contributed by atoms with van der Waals surface area (Å²) in [5, 5.41) is 10.2. The molecule has 0 spiro atoms. The Morgan fingerprint density at radius 1 is 1.50 bits per heavy atom. The number of halogens is 1. The van der Waals surface area contributed by atoms with Crippen LogP contribution in [0.25, 0.3) is 0 Å². The predicted molar refractivity (Wildman–Crippen MR) is 94.5 cm³/mol. The lowest BCUT2D eigenvalue weighted by atomic mass is 10.1. The molecule has 2 heterocycles. The van der Waals surface area contributed by atoms with E-state index >= 15 is 0 Å². The zero-order valence-corrected chi connectivity index (χ0v) is 15.2. The van der Waals surface area contributed by atoms with E-state index in [2.05, 4.69) is 20.8 Å². The molecule has 22 heavy (non-hydrogen) atoms. The van der Waals surface area contributed by atoms with Gasteiger partial charge in [-0.3, -0.25) is 4.99 Å². The van der Waals surface area contributed by atoms with E-state index in [-0.39, 0.29) is 24.0 Å². The summed E-state index contributed by atoms with van der Waals surface area (Å²) < 4.78 is 15.7. The normalized spacial score (nSPS) is 18.0. The van der Waals surface area contributed by atoms with Crippen LogP contribution in [0, 0.1) is 5.92 Å². The second-order valence-electron chi connectivity index (χ2n) is 5.00. The molecule has 1 fully saturated rings. The van der Waals surface area contributed by atoms with Gasteiger partial charge < -0.3 is 24.6 Å². The summed E-state index contributed by atoms with van der Waals surface area (Å²) in [5.41, 5.74) is 0.847. The fourth-order valence-corrected chi connectivity index (χ4v) is 2.07. The molecule has 1 aliphatic heterocycles. The molecule has 1 atom stereocenters. The van der Waals surface area contributed by atoms with Crippen LogP contribution >= 0.6 is 24.0 Å². The van der Waals surface area contributed by atoms with Crippen molar-refractivity contribution in [2.45, 2.75) is 19.4 Å². The van der Waals surface area contributed by atoms with Crippen LogP contribution in [0.2, 0.25) is 0 Å². The minimum atomic E-state index is 0. The van der Waals surface area contributed by atoms with E-state index < -0.39 is 0 Å². The van der Waals surface area contributed by atoms with E-state index in [9.17, 15) is 0 Å². The zero-order valence-electron chi connectivity index (χ0n) is 12.9. The number of hydrogen-bond acceptors (Lipinski definition) is 5. The van der Waals surface area contributed by atoms with Crippen molar-refractivity contribution in [2.75, 3.05) is 40.0 Å². The molecule has 0 bridgehead atoms. The number of guanidine groups is 1. The maximum absolute atomic E-state index is 5.65. The molecule has 1 unspecified atom stereocenters. The largest absolute Gasteiger partial charge is 0.381 e. The highest BCUT2D eigenvalue weighted by molar-refractivity contribution is 14.0. The lowest BCUT2D eigenvalue weighted by Gasteiger charge is -2.11. The SMILES string of the molecule is CN=C(NCCCOCC1CCOC1)NCc1ccon1.I. The molecule has 0 amide bonds. The first-order valence-electron chi connectivity index (χ1n) is 7.37. The predicted octanol–water partition coefficient (Wildman–Crippen LogP) is 1.40. The number of aromatic nitrogens is 1. The fraction of sp³-hybridized carbons (Fsp3) is 0.714. The molecule has 1 aliphatic rings. The molecule has 7 nitrogen and oxygen atoms in total. The van der Waals surface area contributed by atoms with Gasteiger partial charge in [0.1, 0.15) is 12.0 Å². The molecule has 0 aromatic carbocycles. The van der Waals surface area contributed by atoms with E-state index in [4.69, 9.17) is 14.0 Å². The Balaban J connectivity index is 0.00000242. The van der Waals surface area contributed by atoms with Crippen molar-refractivity contribution >= 4 is 29.9 Å². The van der Waals surface area contributed by atoms with Crippen molar-refractivity contribution in [3.63, 3.8) is 0 Å². The standard InChI is InChI=1S/C14H24N4O3.HI/c1-15-14(17-9-13-4-8-21-18-13)16-5-2-6-19-10-12-3-7-20-11-12;/h4,8,12H,2-3,5-7,9-11H2,1H3,(H2,15,16,17);1H. The summed E-state index contributed by atoms with van der Waals surface area (Å²) >= 11 is 0. The summed E-state index contributed by atoms with van der Waals surface area (Å²) in [6, 6.07) is 1.82. The highest BCUT2D eigenvalue weighted by Gasteiger charge is 2.15. The van der Waals surface area contributed by atoms with Crippen LogP contribution < -0.4 is 10.6 Å². The molecule has 2 N–H and O–H groups in total. The summed E-state index contributed by atoms with van der Waals surface area (Å²) in [4.78, 5) is 4.15. The molecule has 0 aliphatic carbocycles. The number of hydrogen-bond donors (Lipinski definition) is 2. The summed E-state index contributed by atoms with van der Waals surface area (Å²) in [6.45, 7) is 4.69. The van der Waals surface area contributed by atoms with Crippen molar-refractivity contribution in [2.24, 2.45) is 10.9 Å². The highest BCUT2D eigenvalue weighted by atomic mass is 127. The lowest BCUT2D eigenvalue weighted by molar-refractivity contribution is 0.0888. The molecule has 0 saturated carbocycles. The first kappa shape index (κ1) is 19.2. The van der Waals surface area contributed by atoms with Gasteiger partial charge in [0.25, 0.3) is 0 Å². The van der Waals surface area contributed by atoms with Crippen molar-refractivity contribution in [1.29, 1.82) is 0 Å². The Morgan fingerprint density at radius 2 is 2.41 bits per heavy atom. The van der Waals surface area contributed by atoms with E-state index in [1.165, 1.54) is 0 Å². The maximum atomic E-state index is 5.65. The van der Waals surface area contributed by atoms with Gasteiger partial charge in [0.05, 0.1) is 19.8 Å². The second-order valence-corrected chi connectivity index (χ2v) is 5.00. The second kappa shape index (κ2) is 11.7. The Labute approximate surface area is 148 Å². The zero-order chi connectivity index (χ0) is 14.8. The summed E-state index contributed by atoms with van der Waals surface area (Å²) in [6.07, 6.45) is 3.62. The van der Waals surface area contributed by atoms with Gasteiger partial charge in [0.2, 0.25) is 0 Å². The van der Waals surface area contributed by atoms with Crippen molar-refractivity contribution < 1.29 is 14.0 Å². The molecule has 1 aromatic heterocycles. The first-order valence-corrected chi connectivity index (χ1v) is 7.37. The van der Waals surface area contributed by atoms with Gasteiger partial charge in [-0.05, 0) is 12.8 Å². The van der Waals surface area contributed by atoms with Crippen molar-refractivity contribution in [3.05, 3.63) is 18.0 Å². The van der Waals surface area contributed by atoms with Crippen molar-refractivity contribution in [1.82, 2.24) is 15.8 Å². The van der Waals surface area contributed by atoms with E-state index in [0.717, 1.165) is 57.5 Å². The van der Waals surface area contributed by atoms with E-state index in [1.54, 1.807) is 13.3 Å². The molecular formula is C14H25IN4O3. The average molecular weight is 424 g/mol. The molecule has 1 saturated heterocycles. The first-order chi connectivity index (χ1) is 10.4. The fourth-order valence-electron chi connectivity index (χ4n) is 2.07. The molecule has 2 rings (SSSR count). The summed E-state index contributed by atoms with van der Waals surface area (Å²) in [7, 11) is 1.74. The smallest absolute Gasteiger partial charge is 0.191 e. The van der Waals surface area contributed by atoms with Gasteiger partial charge in [-0.25, -0.2) is 0 Å². The number of nitrogens with zero attached hydrogens (tertiary/aromatic N) is 2. The number of ether oxygens (including phenoxy) is 2. The van der Waals surface area contributed by atoms with Crippen LogP contribution in [0.3, 0.4) is 0 Å². The number of aliphatic imine (C=N–C) groups is 1. The van der Waals surface area contributed by atoms with Crippen LogP contribution in [0.5, 0.6) is 0 Å². The van der Waals surface area contributed by atoms with Crippen LogP contribution in [-0.2, 0) is 16.0 Å². The molecule has 1 aromatic rings. The number of rotatable bonds is 8. The van der Waals surface area contributed by atoms with Crippen LogP contribution in [0.4, 0.5) is 0 Å². The Kier molecular flexibility index (Phi) is 10.2. The third-order valence-electron chi connectivity index (χ3n) is 3.29. The Morgan fingerprint density at radius 3 is 3.09 bits per heavy atom. The third kappa shape index (κ3) is 7.41. The van der Waals surface area contributed by atoms with Gasteiger partial charge in [-0.15, -0.1) is 24.0 Å². The Bertz CT molecular complexity index is 408. The molecule has 126 valence electrons. The summed E-state index contributed by atoms with van der Waals surface area (Å²) in [5.74, 6) is 1.33. The average Bonchev–Trinajstić information content (AvgIpc) is 3.19. The van der Waals surface area contributed by atoms with Gasteiger partial charge in [0, 0.05) is 38.8 Å². The monoisotopic (exact) mass is 424 g/mol. The lowest BCUT2D eigenvalue weighted by Crippen LogP contribution is -2.37. The van der Waals surface area contributed by atoms with Gasteiger partial charge in [0.15, 0.2) is 5.96 Å². The minimum Gasteiger partial charge on any atom is -0.381 e. The van der Waals surface area contributed by atoms with Crippen LogP contribution in [-0.4, -0.2) is 51.1 Å². The topological polar surface area (TPSA) is 80.9 Å². The quantitative estimate of drug-likeness (QED) is 0.284. The van der Waals surface area contributed by atoms with Crippen molar-refractivity contribution in [3.8, 4) is 0 Å². The minimum absolute atomic E-state index is 0. The maximum Gasteiger partial charge on any atom is 0.191 e. The van der Waals surface area contributed by atoms with E-state index in [0.29, 0.717) is 12.5 Å². The van der Waals surface area contributed by atoms with E-state index in [1.807, 2.05) is 6.07 Å². The molecule has 8 heteroatoms. The molecule has 0 radical (unpaired) electrons. The van der Waals surface area contributed by atoms with Gasteiger partial charge in [-0.1, -0.05) is 5.16 Å². The number of nitrogens with one attached hydrogen (secondary N) is 2. The van der Waals surface area contributed by atoms with Crippen LogP contribution in [0.1, 0.15) is 18.5 Å². The van der Waals surface area contributed by atoms with Gasteiger partial charge >= 0.3 is 0 Å². The van der Waals surface area contributed by atoms with Gasteiger partial charge in [-0.2, -0.15) is 0 Å². The Hall–Kier alpha value is -0.870. The highest BCUT2D eigenvalue weighted by Crippen LogP contribution is 2.12.